The highest BCUT2D eigenvalue weighted by atomic mass is 28.4. The predicted octanol–water partition coefficient (Wildman–Crippen LogP) is 5.53. The van der Waals surface area contributed by atoms with Crippen LogP contribution in [0.1, 0.15) is 61.2 Å². The summed E-state index contributed by atoms with van der Waals surface area (Å²) in [6.07, 6.45) is 7.45. The van der Waals surface area contributed by atoms with Crippen LogP contribution in [-0.4, -0.2) is 14.9 Å². The minimum Gasteiger partial charge on any atom is -0.417 e. The Labute approximate surface area is 111 Å². The number of allylic oxidation sites excluding steroid dienone is 1. The van der Waals surface area contributed by atoms with Crippen molar-refractivity contribution in [1.82, 2.24) is 0 Å². The fraction of sp³-hybridized carbons (Fsp3) is 0.867. The second-order valence-corrected chi connectivity index (χ2v) is 11.1. The molecule has 0 aromatic rings. The lowest BCUT2D eigenvalue weighted by Gasteiger charge is -2.36. The second kappa shape index (κ2) is 8.10. The molecule has 0 saturated heterocycles. The van der Waals surface area contributed by atoms with E-state index in [4.69, 9.17) is 5.80 Å². The van der Waals surface area contributed by atoms with E-state index in [0.29, 0.717) is 0 Å². The summed E-state index contributed by atoms with van der Waals surface area (Å²) in [5, 5.41) is 0.279. The minimum absolute atomic E-state index is 0.279. The second-order valence-electron chi connectivity index (χ2n) is 6.26. The summed E-state index contributed by atoms with van der Waals surface area (Å²) in [5.41, 5.74) is 0. The van der Waals surface area contributed by atoms with E-state index in [1.807, 2.05) is 6.08 Å². The molecule has 0 unspecified atom stereocenters. The summed E-state index contributed by atoms with van der Waals surface area (Å²) in [6, 6.07) is 0.780. The lowest BCUT2D eigenvalue weighted by atomic mass is 10.2. The lowest BCUT2D eigenvalue weighted by molar-refractivity contribution is 0.294. The zero-order valence-electron chi connectivity index (χ0n) is 13.7. The Bertz CT molecular complexity index is 254. The van der Waals surface area contributed by atoms with Crippen LogP contribution >= 0.6 is 0 Å². The molecule has 0 aliphatic heterocycles. The highest BCUT2D eigenvalue weighted by molar-refractivity contribution is 6.74. The van der Waals surface area contributed by atoms with Gasteiger partial charge in [-0.2, -0.15) is 0 Å². The van der Waals surface area contributed by atoms with Crippen LogP contribution in [0, 0.1) is 0 Å². The van der Waals surface area contributed by atoms with E-state index >= 15 is 0 Å². The first-order valence-electron chi connectivity index (χ1n) is 7.50. The van der Waals surface area contributed by atoms with Gasteiger partial charge in [-0.1, -0.05) is 52.7 Å². The molecular weight excluding hydrogens is 224 g/mol. The third-order valence-corrected chi connectivity index (χ3v) is 8.14. The van der Waals surface area contributed by atoms with E-state index in [9.17, 15) is 0 Å². The molecule has 0 aromatic heterocycles. The van der Waals surface area contributed by atoms with Crippen molar-refractivity contribution in [3.8, 4) is 0 Å². The molecule has 0 bridgehead atoms. The van der Waals surface area contributed by atoms with Crippen molar-refractivity contribution in [2.75, 3.05) is 6.61 Å². The van der Waals surface area contributed by atoms with Crippen LogP contribution in [0.15, 0.2) is 12.1 Å². The fourth-order valence-electron chi connectivity index (χ4n) is 1.27. The van der Waals surface area contributed by atoms with Crippen molar-refractivity contribution in [3.63, 3.8) is 0 Å². The largest absolute Gasteiger partial charge is 0.417 e. The number of hydrogen-bond donors (Lipinski definition) is 0. The Morgan fingerprint density at radius 1 is 1.18 bits per heavy atom. The highest BCUT2D eigenvalue weighted by Crippen LogP contribution is 2.36. The van der Waals surface area contributed by atoms with Gasteiger partial charge in [0.1, 0.15) is 0 Å². The number of hydrogen-bond acceptors (Lipinski definition) is 1. The van der Waals surface area contributed by atoms with Gasteiger partial charge in [0.05, 0.1) is 1.37 Å². The molecule has 0 heterocycles. The third-order valence-electron chi connectivity index (χ3n) is 3.60. The Balaban J connectivity index is 3.88. The maximum atomic E-state index is 7.82. The number of unbranched alkanes of at least 4 members (excludes halogenated alkanes) is 2. The molecule has 0 aliphatic rings. The van der Waals surface area contributed by atoms with E-state index in [0.717, 1.165) is 31.9 Å². The van der Waals surface area contributed by atoms with Gasteiger partial charge < -0.3 is 4.43 Å². The molecule has 102 valence electrons. The van der Waals surface area contributed by atoms with Crippen LogP contribution in [-0.2, 0) is 4.43 Å². The molecular formula is C15H32OSi. The molecule has 0 rings (SSSR count). The quantitative estimate of drug-likeness (QED) is 0.315. The summed E-state index contributed by atoms with van der Waals surface area (Å²) in [7, 11) is -1.60. The van der Waals surface area contributed by atoms with Gasteiger partial charge in [-0.3, -0.25) is 0 Å². The van der Waals surface area contributed by atoms with Gasteiger partial charge in [0, 0.05) is 6.61 Å². The highest BCUT2D eigenvalue weighted by Gasteiger charge is 2.36. The summed E-state index contributed by atoms with van der Waals surface area (Å²) in [5.74, 6) is 0. The van der Waals surface area contributed by atoms with Crippen LogP contribution in [0.4, 0.5) is 0 Å². The Morgan fingerprint density at radius 2 is 1.82 bits per heavy atom. The maximum Gasteiger partial charge on any atom is 0.191 e. The van der Waals surface area contributed by atoms with Gasteiger partial charge in [0.15, 0.2) is 8.32 Å². The van der Waals surface area contributed by atoms with Gasteiger partial charge in [-0.25, -0.2) is 0 Å². The first-order chi connectivity index (χ1) is 8.20. The normalized spacial score (nSPS) is 14.9. The predicted molar refractivity (Wildman–Crippen MR) is 81.0 cm³/mol. The standard InChI is InChI=1S/C15H32OSi/c1-7-8-9-10-11-12-13-14-16-17(5,6)15(2,3)4/h11-12H,7-10,13-14H2,1-6H3/b12-11-/i11D. The lowest BCUT2D eigenvalue weighted by Crippen LogP contribution is -2.40. The summed E-state index contributed by atoms with van der Waals surface area (Å²) in [4.78, 5) is 0. The van der Waals surface area contributed by atoms with E-state index in [-0.39, 0.29) is 5.04 Å². The molecule has 0 atom stereocenters. The molecule has 0 radical (unpaired) electrons. The Kier molecular flexibility index (Phi) is 7.13. The average Bonchev–Trinajstić information content (AvgIpc) is 2.23. The topological polar surface area (TPSA) is 9.23 Å². The molecule has 0 N–H and O–H groups in total. The molecule has 0 fully saturated rings. The van der Waals surface area contributed by atoms with Crippen LogP contribution in [0.25, 0.3) is 0 Å². The van der Waals surface area contributed by atoms with Crippen LogP contribution in [0.3, 0.4) is 0 Å². The molecule has 1 nitrogen and oxygen atoms in total. The first kappa shape index (κ1) is 15.0. The van der Waals surface area contributed by atoms with Crippen molar-refractivity contribution in [3.05, 3.63) is 12.1 Å². The van der Waals surface area contributed by atoms with Crippen molar-refractivity contribution >= 4 is 8.32 Å². The van der Waals surface area contributed by atoms with Crippen LogP contribution < -0.4 is 0 Å². The minimum atomic E-state index is -1.60. The summed E-state index contributed by atoms with van der Waals surface area (Å²) in [6.45, 7) is 14.3. The van der Waals surface area contributed by atoms with Gasteiger partial charge in [-0.15, -0.1) is 0 Å². The van der Waals surface area contributed by atoms with Crippen LogP contribution in [0.2, 0.25) is 18.1 Å². The summed E-state index contributed by atoms with van der Waals surface area (Å²) < 4.78 is 13.9. The van der Waals surface area contributed by atoms with Crippen LogP contribution in [0.5, 0.6) is 0 Å². The number of rotatable bonds is 8. The SMILES string of the molecule is [2H]/C(=C/CCO[Si](C)(C)C(C)(C)C)CCCCC. The van der Waals surface area contributed by atoms with Gasteiger partial charge in [-0.05, 0) is 37.4 Å². The molecule has 0 spiro atoms. The van der Waals surface area contributed by atoms with Gasteiger partial charge in [0.25, 0.3) is 0 Å². The summed E-state index contributed by atoms with van der Waals surface area (Å²) >= 11 is 0. The van der Waals surface area contributed by atoms with Crippen molar-refractivity contribution in [2.24, 2.45) is 0 Å². The van der Waals surface area contributed by atoms with Crippen molar-refractivity contribution < 1.29 is 5.80 Å². The average molecular weight is 258 g/mol. The smallest absolute Gasteiger partial charge is 0.191 e. The maximum absolute atomic E-state index is 7.82. The van der Waals surface area contributed by atoms with E-state index in [1.54, 1.807) is 0 Å². The Morgan fingerprint density at radius 3 is 2.35 bits per heavy atom. The van der Waals surface area contributed by atoms with Crippen molar-refractivity contribution in [1.29, 1.82) is 0 Å². The van der Waals surface area contributed by atoms with Gasteiger partial charge >= 0.3 is 0 Å². The molecule has 0 aliphatic carbocycles. The monoisotopic (exact) mass is 257 g/mol. The van der Waals surface area contributed by atoms with E-state index < -0.39 is 8.32 Å². The fourth-order valence-corrected chi connectivity index (χ4v) is 2.33. The Hall–Kier alpha value is -0.0831. The molecule has 0 amide bonds. The zero-order valence-corrected chi connectivity index (χ0v) is 13.7. The van der Waals surface area contributed by atoms with E-state index in [1.165, 1.54) is 12.8 Å². The third kappa shape index (κ3) is 7.77. The van der Waals surface area contributed by atoms with Gasteiger partial charge in [0.2, 0.25) is 0 Å². The van der Waals surface area contributed by atoms with E-state index in [2.05, 4.69) is 40.8 Å². The molecule has 17 heavy (non-hydrogen) atoms. The molecule has 0 aromatic carbocycles. The van der Waals surface area contributed by atoms with Crippen molar-refractivity contribution in [2.45, 2.75) is 77.9 Å². The first-order valence-corrected chi connectivity index (χ1v) is 9.91. The zero-order chi connectivity index (χ0) is 14.2. The molecule has 2 heteroatoms. The molecule has 0 saturated carbocycles.